The molecule has 14 heteroatoms. The summed E-state index contributed by atoms with van der Waals surface area (Å²) in [6.45, 7) is 47.9. The van der Waals surface area contributed by atoms with Crippen molar-refractivity contribution in [2.45, 2.75) is 158 Å². The van der Waals surface area contributed by atoms with Crippen LogP contribution in [0.3, 0.4) is 0 Å². The molecule has 1 radical (unpaired) electrons. The normalized spacial score (nSPS) is 12.6. The van der Waals surface area contributed by atoms with Gasteiger partial charge in [-0.3, -0.25) is 0 Å². The van der Waals surface area contributed by atoms with Gasteiger partial charge in [0.25, 0.3) is 0 Å². The zero-order chi connectivity index (χ0) is 36.0. The maximum absolute atomic E-state index is 4.80. The summed E-state index contributed by atoms with van der Waals surface area (Å²) in [5.41, 5.74) is 0. The Balaban J connectivity index is -0.000000107. The molecule has 0 aromatic carbocycles. The number of hydrogen-bond acceptors (Lipinski definition) is 4. The molecule has 0 bridgehead atoms. The molecule has 0 spiro atoms. The standard InChI is InChI=1S/2C13H32N3Si2.C6H16N2.2CH3.Li.Nd/c2*1-11(2)14-13(15-12(3)4)16(17(5,6)7)18(8,9)10;1-7(2)5-6-8(3)4;;;;/h2*11-12H,1-10H3;5-6H2,1-4H3;2*1H3;;/q2*-1;;2*-1;+1;+3. The van der Waals surface area contributed by atoms with Gasteiger partial charge in [-0.15, -0.1) is 0 Å². The van der Waals surface area contributed by atoms with Gasteiger partial charge in [-0.1, -0.05) is 134 Å². The van der Waals surface area contributed by atoms with Crippen molar-refractivity contribution in [1.29, 1.82) is 0 Å². The first-order chi connectivity index (χ1) is 19.3. The van der Waals surface area contributed by atoms with E-state index < -0.39 is 32.9 Å². The molecule has 0 rings (SSSR count). The van der Waals surface area contributed by atoms with Crippen LogP contribution < -0.4 is 18.9 Å². The number of guanidine groups is 2. The van der Waals surface area contributed by atoms with Crippen molar-refractivity contribution in [2.24, 2.45) is 9.98 Å². The summed E-state index contributed by atoms with van der Waals surface area (Å²) in [5, 5.41) is 9.59. The van der Waals surface area contributed by atoms with Gasteiger partial charge >= 0.3 is 59.7 Å². The van der Waals surface area contributed by atoms with E-state index in [9.17, 15) is 0 Å². The Morgan fingerprint density at radius 2 is 0.667 bits per heavy atom. The molecular weight excluding hydrogens is 784 g/mol. The second kappa shape index (κ2) is 28.7. The van der Waals surface area contributed by atoms with Crippen LogP contribution in [-0.2, 0) is 0 Å². The second-order valence-electron chi connectivity index (χ2n) is 17.5. The fourth-order valence-electron chi connectivity index (χ4n) is 4.83. The summed E-state index contributed by atoms with van der Waals surface area (Å²) >= 11 is 0. The molecule has 48 heavy (non-hydrogen) atoms. The van der Waals surface area contributed by atoms with Crippen LogP contribution in [0.1, 0.15) is 55.4 Å². The number of nitrogens with zero attached hydrogens (tertiary/aromatic N) is 8. The first-order valence-electron chi connectivity index (χ1n) is 16.8. The van der Waals surface area contributed by atoms with Gasteiger partial charge in [0.1, 0.15) is 0 Å². The third-order valence-electron chi connectivity index (χ3n) is 5.57. The average Bonchev–Trinajstić information content (AvgIpc) is 2.66. The molecule has 0 aliphatic heterocycles. The van der Waals surface area contributed by atoms with E-state index in [4.69, 9.17) is 20.6 Å². The topological polar surface area (TPSA) is 65.9 Å². The Morgan fingerprint density at radius 3 is 0.771 bits per heavy atom. The van der Waals surface area contributed by atoms with E-state index in [-0.39, 0.29) is 74.6 Å². The van der Waals surface area contributed by atoms with Crippen molar-refractivity contribution >= 4 is 44.9 Å². The zero-order valence-electron chi connectivity index (χ0n) is 37.8. The van der Waals surface area contributed by atoms with Crippen LogP contribution in [0, 0.1) is 55.7 Å². The first-order valence-corrected chi connectivity index (χ1v) is 30.6. The van der Waals surface area contributed by atoms with Gasteiger partial charge in [-0.2, -0.15) is 0 Å². The van der Waals surface area contributed by atoms with Crippen LogP contribution in [0.4, 0.5) is 0 Å². The van der Waals surface area contributed by atoms with Gasteiger partial charge < -0.3 is 53.7 Å². The number of rotatable bonds is 11. The van der Waals surface area contributed by atoms with E-state index in [2.05, 4.69) is 180 Å². The first kappa shape index (κ1) is 64.3. The van der Waals surface area contributed by atoms with Crippen molar-refractivity contribution in [3.63, 3.8) is 0 Å². The molecule has 0 fully saturated rings. The molecule has 8 nitrogen and oxygen atoms in total. The minimum atomic E-state index is -1.45. The van der Waals surface area contributed by atoms with Crippen LogP contribution in [0.2, 0.25) is 78.6 Å². The second-order valence-corrected chi connectivity index (χ2v) is 37.5. The molecule has 0 amide bonds. The van der Waals surface area contributed by atoms with Crippen LogP contribution in [0.25, 0.3) is 10.6 Å². The van der Waals surface area contributed by atoms with E-state index in [1.54, 1.807) is 0 Å². The van der Waals surface area contributed by atoms with Gasteiger partial charge in [0, 0.05) is 25.0 Å². The SMILES string of the molecule is CC(C)N=C([N-]C(C)C)N([Si](C)(C)C)[Si](C)(C)C.CC(C)N=C([N-]C(C)C)N([Si](C)(C)C)[Si](C)(C)C.CN(C)CCN(C)C.[CH3-].[CH3-].[Li+].[Nd+3]. The zero-order valence-corrected chi connectivity index (χ0v) is 45.0. The molecule has 0 unspecified atom stereocenters. The van der Waals surface area contributed by atoms with E-state index in [0.717, 1.165) is 25.0 Å². The van der Waals surface area contributed by atoms with E-state index in [1.807, 2.05) is 0 Å². The predicted molar refractivity (Wildman–Crippen MR) is 229 cm³/mol. The molecule has 0 atom stereocenters. The van der Waals surface area contributed by atoms with Gasteiger partial charge in [-0.05, 0) is 52.4 Å². The third kappa shape index (κ3) is 34.4. The Labute approximate surface area is 354 Å². The molecule has 0 heterocycles. The maximum Gasteiger partial charge on any atom is 3.00 e. The van der Waals surface area contributed by atoms with Gasteiger partial charge in [0.05, 0.1) is 32.9 Å². The summed E-state index contributed by atoms with van der Waals surface area (Å²) in [6.07, 6.45) is 0. The molecular formula is C34H86LiN8NdSi4. The van der Waals surface area contributed by atoms with Crippen molar-refractivity contribution in [3.8, 4) is 0 Å². The number of hydrogen-bond donors (Lipinski definition) is 0. The summed E-state index contributed by atoms with van der Waals surface area (Å²) in [4.78, 5) is 14.0. The molecule has 0 saturated carbocycles. The molecule has 0 aromatic rings. The molecule has 283 valence electrons. The number of likely N-dealkylation sites (N-methyl/N-ethyl adjacent to an activating group) is 2. The monoisotopic (exact) mass is 868 g/mol. The summed E-state index contributed by atoms with van der Waals surface area (Å²) < 4.78 is 5.19. The minimum absolute atomic E-state index is 0. The van der Waals surface area contributed by atoms with Crippen molar-refractivity contribution < 1.29 is 59.7 Å². The Bertz CT molecular complexity index is 733. The number of aliphatic imine (C=N–C) groups is 2. The maximum atomic E-state index is 4.80. The third-order valence-corrected chi connectivity index (χ3v) is 19.8. The van der Waals surface area contributed by atoms with E-state index >= 15 is 0 Å². The van der Waals surface area contributed by atoms with Gasteiger partial charge in [0.15, 0.2) is 0 Å². The Kier molecular flexibility index (Phi) is 38.5. The largest absolute Gasteiger partial charge is 3.00 e. The fraction of sp³-hybridized carbons (Fsp3) is 0.882. The minimum Gasteiger partial charge on any atom is -0.450 e. The van der Waals surface area contributed by atoms with E-state index in [0.29, 0.717) is 24.2 Å². The summed E-state index contributed by atoms with van der Waals surface area (Å²) in [7, 11) is 2.55. The summed E-state index contributed by atoms with van der Waals surface area (Å²) in [5.74, 6) is 2.00. The molecule has 0 aromatic heterocycles. The van der Waals surface area contributed by atoms with Crippen LogP contribution in [-0.4, -0.2) is 129 Å². The molecule has 0 aliphatic carbocycles. The predicted octanol–water partition coefficient (Wildman–Crippen LogP) is 7.02. The van der Waals surface area contributed by atoms with Crippen LogP contribution >= 0.6 is 0 Å². The van der Waals surface area contributed by atoms with Crippen molar-refractivity contribution in [1.82, 2.24) is 18.3 Å². The molecule has 0 saturated heterocycles. The smallest absolute Gasteiger partial charge is 0.450 e. The van der Waals surface area contributed by atoms with Crippen molar-refractivity contribution in [2.75, 3.05) is 41.3 Å². The summed E-state index contributed by atoms with van der Waals surface area (Å²) in [6, 6.07) is 1.21. The molecule has 0 aliphatic rings. The Hall–Kier alpha value is 1.28. The van der Waals surface area contributed by atoms with Crippen molar-refractivity contribution in [3.05, 3.63) is 25.5 Å². The quantitative estimate of drug-likeness (QED) is 0.0970. The van der Waals surface area contributed by atoms with Gasteiger partial charge in [0.2, 0.25) is 0 Å². The Morgan fingerprint density at radius 1 is 0.479 bits per heavy atom. The average molecular weight is 871 g/mol. The van der Waals surface area contributed by atoms with Crippen LogP contribution in [0.15, 0.2) is 9.98 Å². The van der Waals surface area contributed by atoms with Gasteiger partial charge in [-0.25, -0.2) is 0 Å². The van der Waals surface area contributed by atoms with E-state index in [1.165, 1.54) is 0 Å². The molecule has 0 N–H and O–H groups in total. The van der Waals surface area contributed by atoms with Crippen LogP contribution in [0.5, 0.6) is 0 Å². The fourth-order valence-corrected chi connectivity index (χ4v) is 23.8.